The van der Waals surface area contributed by atoms with E-state index in [1.165, 1.54) is 105 Å². The maximum atomic E-state index is 5.31. The summed E-state index contributed by atoms with van der Waals surface area (Å²) in [5.41, 5.74) is 23.7. The largest absolute Gasteiger partial charge is 0.309 e. The molecule has 123 heavy (non-hydrogen) atoms. The summed E-state index contributed by atoms with van der Waals surface area (Å²) in [7, 11) is 0. The Morgan fingerprint density at radius 3 is 1.19 bits per heavy atom. The first-order chi connectivity index (χ1) is 61.0. The molecule has 0 aliphatic heterocycles. The van der Waals surface area contributed by atoms with Crippen LogP contribution in [0.25, 0.3) is 242 Å². The third-order valence-corrected chi connectivity index (χ3v) is 28.2. The number of hydrogen-bond acceptors (Lipinski definition) is 14. The quantitative estimate of drug-likeness (QED) is 0.144. The zero-order chi connectivity index (χ0) is 80.7. The van der Waals surface area contributed by atoms with Gasteiger partial charge in [0.15, 0.2) is 5.82 Å². The fraction of sp³-hybridized carbons (Fsp3) is 0. The summed E-state index contributed by atoms with van der Waals surface area (Å²) < 4.78 is 16.6. The molecule has 574 valence electrons. The van der Waals surface area contributed by atoms with Gasteiger partial charge in [-0.15, -0.1) is 45.3 Å². The van der Waals surface area contributed by atoms with E-state index < -0.39 is 0 Å². The van der Waals surface area contributed by atoms with Gasteiger partial charge in [0.2, 0.25) is 5.95 Å². The molecule has 12 heterocycles. The summed E-state index contributed by atoms with van der Waals surface area (Å²) in [5.74, 6) is 1.35. The second-order valence-corrected chi connectivity index (χ2v) is 34.8. The molecule has 0 amide bonds. The molecule has 0 atom stereocenters. The molecule has 0 bridgehead atoms. The van der Waals surface area contributed by atoms with Crippen molar-refractivity contribution in [2.45, 2.75) is 0 Å². The van der Waals surface area contributed by atoms with Crippen LogP contribution in [0.3, 0.4) is 0 Å². The van der Waals surface area contributed by atoms with Crippen molar-refractivity contribution in [2.75, 3.05) is 0 Å². The van der Waals surface area contributed by atoms with Crippen molar-refractivity contribution in [3.8, 4) is 73.5 Å². The first-order valence-electron chi connectivity index (χ1n) is 40.5. The number of hydrogen-bond donors (Lipinski definition) is 0. The third-order valence-electron chi connectivity index (χ3n) is 23.7. The zero-order valence-electron chi connectivity index (χ0n) is 65.2. The van der Waals surface area contributed by atoms with Crippen molar-refractivity contribution >= 4 is 214 Å². The third kappa shape index (κ3) is 11.4. The van der Waals surface area contributed by atoms with Crippen molar-refractivity contribution in [1.82, 2.24) is 63.5 Å². The Hall–Kier alpha value is -15.5. The van der Waals surface area contributed by atoms with Crippen LogP contribution in [-0.2, 0) is 0 Å². The summed E-state index contributed by atoms with van der Waals surface area (Å²) in [5, 5.41) is 15.5. The number of aromatic nitrogens is 13. The first-order valence-corrected chi connectivity index (χ1v) is 43.8. The lowest BCUT2D eigenvalue weighted by Gasteiger charge is -2.12. The summed E-state index contributed by atoms with van der Waals surface area (Å²) >= 11 is 7.15. The Bertz CT molecular complexity index is 8920. The Morgan fingerprint density at radius 1 is 0.220 bits per heavy atom. The molecule has 17 heteroatoms. The molecule has 0 saturated carbocycles. The zero-order valence-corrected chi connectivity index (χ0v) is 68.4. The van der Waals surface area contributed by atoms with Crippen LogP contribution >= 0.6 is 45.3 Å². The second kappa shape index (κ2) is 28.6. The van der Waals surface area contributed by atoms with Crippen LogP contribution in [0.5, 0.6) is 0 Å². The predicted octanol–water partition coefficient (Wildman–Crippen LogP) is 28.4. The monoisotopic (exact) mass is 1640 g/mol. The molecule has 0 radical (unpaired) electrons. The second-order valence-electron chi connectivity index (χ2n) is 30.5. The SMILES string of the molecule is c1ccc(-c2ccc(-c3nc(-n4c5ccccc5c5ccc6sc7cncnc7c6c54)nc4ccccc34)cc2)cc1.c1ccc(-c2ccc(-n3c4ccccc4c4c5sc6ccccc6c5c5sc6cncnc6c5c43)cc2)cc1.c1ccc(-c2nc(-c3ccc(-n4c5ccccc5c5ccc6sc7cncnc7c6c54)cc3)nc3ccccc23)cc1. The van der Waals surface area contributed by atoms with E-state index in [1.807, 2.05) is 89.8 Å². The molecule has 0 spiro atoms. The molecule has 0 saturated heterocycles. The van der Waals surface area contributed by atoms with Gasteiger partial charge in [-0.2, -0.15) is 0 Å². The Morgan fingerprint density at radius 2 is 0.610 bits per heavy atom. The van der Waals surface area contributed by atoms with E-state index in [2.05, 4.69) is 314 Å². The lowest BCUT2D eigenvalue weighted by molar-refractivity contribution is 1.02. The topological polar surface area (TPSA) is 144 Å². The van der Waals surface area contributed by atoms with Crippen LogP contribution in [0.1, 0.15) is 0 Å². The Balaban J connectivity index is 0.000000101. The maximum absolute atomic E-state index is 5.31. The lowest BCUT2D eigenvalue weighted by atomic mass is 10.0. The highest BCUT2D eigenvalue weighted by Crippen LogP contribution is 2.53. The molecule has 27 aromatic rings. The van der Waals surface area contributed by atoms with Gasteiger partial charge in [-0.25, -0.2) is 49.8 Å². The molecule has 0 unspecified atom stereocenters. The van der Waals surface area contributed by atoms with Crippen LogP contribution in [0.15, 0.2) is 371 Å². The fourth-order valence-corrected chi connectivity index (χ4v) is 22.9. The van der Waals surface area contributed by atoms with Crippen molar-refractivity contribution in [2.24, 2.45) is 0 Å². The minimum atomic E-state index is 0.642. The highest BCUT2D eigenvalue weighted by molar-refractivity contribution is 7.30. The first kappa shape index (κ1) is 70.5. The van der Waals surface area contributed by atoms with Gasteiger partial charge in [0.1, 0.15) is 19.0 Å². The molecule has 13 nitrogen and oxygen atoms in total. The normalized spacial score (nSPS) is 11.9. The van der Waals surface area contributed by atoms with Crippen molar-refractivity contribution < 1.29 is 0 Å². The number of rotatable bonds is 8. The van der Waals surface area contributed by atoms with E-state index in [1.54, 1.807) is 41.7 Å². The summed E-state index contributed by atoms with van der Waals surface area (Å²) in [6.45, 7) is 0. The Labute approximate surface area is 716 Å². The molecular weight excluding hydrogens is 1580 g/mol. The van der Waals surface area contributed by atoms with E-state index in [-0.39, 0.29) is 0 Å². The van der Waals surface area contributed by atoms with Gasteiger partial charge >= 0.3 is 0 Å². The molecule has 27 rings (SSSR count). The molecule has 0 aliphatic carbocycles. The summed E-state index contributed by atoms with van der Waals surface area (Å²) in [6.07, 6.45) is 10.7. The van der Waals surface area contributed by atoms with E-state index in [9.17, 15) is 0 Å². The van der Waals surface area contributed by atoms with Gasteiger partial charge < -0.3 is 9.13 Å². The molecule has 0 aliphatic rings. The predicted molar refractivity (Wildman–Crippen MR) is 514 cm³/mol. The summed E-state index contributed by atoms with van der Waals surface area (Å²) in [6, 6.07) is 118. The molecule has 15 aromatic carbocycles. The van der Waals surface area contributed by atoms with E-state index >= 15 is 0 Å². The van der Waals surface area contributed by atoms with Crippen LogP contribution < -0.4 is 0 Å². The minimum absolute atomic E-state index is 0.642. The van der Waals surface area contributed by atoms with Crippen LogP contribution in [-0.4, -0.2) is 63.5 Å². The minimum Gasteiger partial charge on any atom is -0.309 e. The number of nitrogens with zero attached hydrogens (tertiary/aromatic N) is 13. The number of fused-ring (bicyclic) bond motifs is 28. The van der Waals surface area contributed by atoms with Crippen molar-refractivity contribution in [3.05, 3.63) is 371 Å². The number of para-hydroxylation sites is 5. The van der Waals surface area contributed by atoms with Gasteiger partial charge in [-0.1, -0.05) is 249 Å². The maximum Gasteiger partial charge on any atom is 0.235 e. The van der Waals surface area contributed by atoms with Gasteiger partial charge in [0.25, 0.3) is 0 Å². The van der Waals surface area contributed by atoms with Gasteiger partial charge in [-0.05, 0) is 107 Å². The average molecular weight is 1650 g/mol. The summed E-state index contributed by atoms with van der Waals surface area (Å²) in [4.78, 5) is 47.7. The van der Waals surface area contributed by atoms with Crippen LogP contribution in [0.4, 0.5) is 0 Å². The van der Waals surface area contributed by atoms with E-state index in [4.69, 9.17) is 34.9 Å². The highest BCUT2D eigenvalue weighted by atomic mass is 32.1. The van der Waals surface area contributed by atoms with Crippen LogP contribution in [0, 0.1) is 0 Å². The molecular formula is C106H61N13S4. The number of thiophene rings is 4. The molecule has 12 aromatic heterocycles. The number of benzene rings is 15. The standard InChI is InChI=1S/2C36H21N5S.C34H19N3S2/c1-2-8-22(9-3-1)33-27-11-4-6-12-28(27)39-36(40-33)23-14-16-24(17-15-23)41-29-13-7-5-10-25(29)26-18-19-30-32(35(26)41)34-31(42-30)20-37-21-38-34;1-2-8-22(9-3-1)23-14-16-24(17-15-23)33-27-11-4-6-12-28(27)39-36(40-33)41-29-13-7-5-10-25(29)26-18-19-30-32(35(26)41)34-31(42-30)20-37-21-38-34;1-2-8-20(9-3-1)21-14-16-22(17-15-21)37-25-12-6-4-10-23(25)28-32(37)30-31-27(18-35-19-36-31)39-34(30)29-24-11-5-7-13-26(24)38-33(28)29/h2*1-21H;1-19H. The van der Waals surface area contributed by atoms with E-state index in [0.717, 1.165) is 125 Å². The van der Waals surface area contributed by atoms with E-state index in [0.29, 0.717) is 11.8 Å². The lowest BCUT2D eigenvalue weighted by Crippen LogP contribution is -2.03. The van der Waals surface area contributed by atoms with Gasteiger partial charge in [0, 0.05) is 140 Å². The highest BCUT2D eigenvalue weighted by Gasteiger charge is 2.28. The van der Waals surface area contributed by atoms with Crippen molar-refractivity contribution in [3.63, 3.8) is 0 Å². The fourth-order valence-electron chi connectivity index (χ4n) is 18.3. The smallest absolute Gasteiger partial charge is 0.235 e. The molecule has 0 N–H and O–H groups in total. The molecule has 0 fully saturated rings. The van der Waals surface area contributed by atoms with Crippen molar-refractivity contribution in [1.29, 1.82) is 0 Å². The van der Waals surface area contributed by atoms with Gasteiger partial charge in [-0.3, -0.25) is 4.57 Å². The average Bonchev–Trinajstić information content (AvgIpc) is 1.53. The van der Waals surface area contributed by atoms with Crippen LogP contribution in [0.2, 0.25) is 0 Å². The Kier molecular flexibility index (Phi) is 16.4. The van der Waals surface area contributed by atoms with Gasteiger partial charge in [0.05, 0.1) is 86.2 Å².